The van der Waals surface area contributed by atoms with E-state index in [1.165, 1.54) is 0 Å². The van der Waals surface area contributed by atoms with Gasteiger partial charge in [0, 0.05) is 10.0 Å². The van der Waals surface area contributed by atoms with Gasteiger partial charge < -0.3 is 10.4 Å². The second-order valence-corrected chi connectivity index (χ2v) is 5.87. The Morgan fingerprint density at radius 3 is 2.47 bits per heavy atom. The monoisotopic (exact) mass is 327 g/mol. The highest BCUT2D eigenvalue weighted by atomic mass is 79.9. The number of nitrogens with one attached hydrogen (secondary N) is 1. The Labute approximate surface area is 121 Å². The zero-order valence-electron chi connectivity index (χ0n) is 11.2. The largest absolute Gasteiger partial charge is 0.480 e. The molecule has 0 unspecified atom stereocenters. The van der Waals surface area contributed by atoms with Crippen molar-refractivity contribution in [2.75, 3.05) is 0 Å². The van der Waals surface area contributed by atoms with Gasteiger partial charge in [-0.1, -0.05) is 29.8 Å². The summed E-state index contributed by atoms with van der Waals surface area (Å²) in [6.45, 7) is 5.66. The molecule has 1 atom stereocenters. The van der Waals surface area contributed by atoms with Crippen LogP contribution in [0.25, 0.3) is 0 Å². The van der Waals surface area contributed by atoms with E-state index in [0.717, 1.165) is 10.0 Å². The molecule has 0 bridgehead atoms. The summed E-state index contributed by atoms with van der Waals surface area (Å²) in [7, 11) is 0. The van der Waals surface area contributed by atoms with Gasteiger partial charge in [0.05, 0.1) is 0 Å². The van der Waals surface area contributed by atoms with Gasteiger partial charge in [0.25, 0.3) is 5.91 Å². The third-order valence-electron chi connectivity index (χ3n) is 2.74. The van der Waals surface area contributed by atoms with E-state index < -0.39 is 12.0 Å². The molecule has 19 heavy (non-hydrogen) atoms. The lowest BCUT2D eigenvalue weighted by Gasteiger charge is -2.17. The SMILES string of the molecule is Cc1cc(Br)ccc1C(=O)N[C@H](CC(C)C)C(=O)O. The molecular formula is C14H18BrNO3. The highest BCUT2D eigenvalue weighted by Crippen LogP contribution is 2.16. The van der Waals surface area contributed by atoms with Gasteiger partial charge in [-0.25, -0.2) is 4.79 Å². The molecule has 0 fully saturated rings. The summed E-state index contributed by atoms with van der Waals surface area (Å²) in [5.41, 5.74) is 1.30. The van der Waals surface area contributed by atoms with Crippen molar-refractivity contribution in [1.82, 2.24) is 5.32 Å². The van der Waals surface area contributed by atoms with Crippen molar-refractivity contribution in [3.8, 4) is 0 Å². The number of benzene rings is 1. The first-order chi connectivity index (χ1) is 8.81. The third kappa shape index (κ3) is 4.67. The second kappa shape index (κ2) is 6.70. The van der Waals surface area contributed by atoms with Crippen LogP contribution in [0.1, 0.15) is 36.2 Å². The van der Waals surface area contributed by atoms with Gasteiger partial charge in [-0.05, 0) is 43.0 Å². The highest BCUT2D eigenvalue weighted by Gasteiger charge is 2.22. The summed E-state index contributed by atoms with van der Waals surface area (Å²) in [5.74, 6) is -1.15. The Morgan fingerprint density at radius 2 is 2.00 bits per heavy atom. The first kappa shape index (κ1) is 15.7. The number of carboxylic acids is 1. The van der Waals surface area contributed by atoms with Crippen molar-refractivity contribution in [3.63, 3.8) is 0 Å². The average Bonchev–Trinajstić information content (AvgIpc) is 2.26. The van der Waals surface area contributed by atoms with Crippen LogP contribution in [-0.2, 0) is 4.79 Å². The summed E-state index contributed by atoms with van der Waals surface area (Å²) in [5, 5.41) is 11.7. The predicted molar refractivity (Wildman–Crippen MR) is 77.2 cm³/mol. The smallest absolute Gasteiger partial charge is 0.326 e. The summed E-state index contributed by atoms with van der Waals surface area (Å²) in [6, 6.07) is 4.42. The fraction of sp³-hybridized carbons (Fsp3) is 0.429. The molecule has 4 nitrogen and oxygen atoms in total. The lowest BCUT2D eigenvalue weighted by atomic mass is 10.0. The van der Waals surface area contributed by atoms with E-state index in [1.54, 1.807) is 12.1 Å². The van der Waals surface area contributed by atoms with Crippen molar-refractivity contribution in [3.05, 3.63) is 33.8 Å². The van der Waals surface area contributed by atoms with Crippen LogP contribution >= 0.6 is 15.9 Å². The van der Waals surface area contributed by atoms with Crippen LogP contribution in [0.5, 0.6) is 0 Å². The summed E-state index contributed by atoms with van der Waals surface area (Å²) in [4.78, 5) is 23.2. The minimum Gasteiger partial charge on any atom is -0.480 e. The maximum Gasteiger partial charge on any atom is 0.326 e. The van der Waals surface area contributed by atoms with Gasteiger partial charge in [0.15, 0.2) is 0 Å². The van der Waals surface area contributed by atoms with Crippen LogP contribution in [-0.4, -0.2) is 23.0 Å². The van der Waals surface area contributed by atoms with Gasteiger partial charge >= 0.3 is 5.97 Å². The normalized spacial score (nSPS) is 12.3. The first-order valence-corrected chi connectivity index (χ1v) is 6.90. The summed E-state index contributed by atoms with van der Waals surface area (Å²) in [6.07, 6.45) is 0.413. The molecule has 1 rings (SSSR count). The van der Waals surface area contributed by atoms with Crippen molar-refractivity contribution < 1.29 is 14.7 Å². The van der Waals surface area contributed by atoms with Crippen molar-refractivity contribution in [1.29, 1.82) is 0 Å². The summed E-state index contributed by atoms with van der Waals surface area (Å²) < 4.78 is 0.888. The van der Waals surface area contributed by atoms with E-state index >= 15 is 0 Å². The number of rotatable bonds is 5. The molecule has 5 heteroatoms. The molecule has 1 amide bonds. The maximum atomic E-state index is 12.1. The molecule has 0 aliphatic heterocycles. The minimum atomic E-state index is -1.00. The van der Waals surface area contributed by atoms with Crippen LogP contribution in [0.4, 0.5) is 0 Å². The number of carbonyl (C=O) groups excluding carboxylic acids is 1. The van der Waals surface area contributed by atoms with Gasteiger partial charge in [-0.15, -0.1) is 0 Å². The number of aliphatic carboxylic acids is 1. The molecule has 0 heterocycles. The lowest BCUT2D eigenvalue weighted by Crippen LogP contribution is -2.41. The number of carboxylic acid groups (broad SMARTS) is 1. The first-order valence-electron chi connectivity index (χ1n) is 6.11. The van der Waals surface area contributed by atoms with E-state index in [0.29, 0.717) is 12.0 Å². The fourth-order valence-corrected chi connectivity index (χ4v) is 2.29. The Morgan fingerprint density at radius 1 is 1.37 bits per heavy atom. The quantitative estimate of drug-likeness (QED) is 0.873. The molecule has 0 radical (unpaired) electrons. The molecule has 2 N–H and O–H groups in total. The Hall–Kier alpha value is -1.36. The Balaban J connectivity index is 2.84. The van der Waals surface area contributed by atoms with Gasteiger partial charge in [-0.3, -0.25) is 4.79 Å². The molecule has 0 spiro atoms. The number of amides is 1. The topological polar surface area (TPSA) is 66.4 Å². The Kier molecular flexibility index (Phi) is 5.54. The third-order valence-corrected chi connectivity index (χ3v) is 3.24. The van der Waals surface area contributed by atoms with Gasteiger partial charge in [-0.2, -0.15) is 0 Å². The number of aryl methyl sites for hydroxylation is 1. The number of carbonyl (C=O) groups is 2. The van der Waals surface area contributed by atoms with Crippen LogP contribution in [0, 0.1) is 12.8 Å². The molecule has 0 aromatic heterocycles. The van der Waals surface area contributed by atoms with Crippen LogP contribution < -0.4 is 5.32 Å². The van der Waals surface area contributed by atoms with E-state index in [4.69, 9.17) is 5.11 Å². The average molecular weight is 328 g/mol. The molecule has 1 aromatic carbocycles. The number of hydrogen-bond donors (Lipinski definition) is 2. The van der Waals surface area contributed by atoms with Crippen molar-refractivity contribution >= 4 is 27.8 Å². The molecular weight excluding hydrogens is 310 g/mol. The molecule has 0 saturated carbocycles. The highest BCUT2D eigenvalue weighted by molar-refractivity contribution is 9.10. The van der Waals surface area contributed by atoms with E-state index in [9.17, 15) is 9.59 Å². The molecule has 0 saturated heterocycles. The zero-order chi connectivity index (χ0) is 14.6. The predicted octanol–water partition coefficient (Wildman–Crippen LogP) is 2.99. The molecule has 1 aromatic rings. The van der Waals surface area contributed by atoms with Crippen molar-refractivity contribution in [2.24, 2.45) is 5.92 Å². The number of halogens is 1. The molecule has 0 aliphatic rings. The van der Waals surface area contributed by atoms with E-state index in [-0.39, 0.29) is 11.8 Å². The van der Waals surface area contributed by atoms with E-state index in [2.05, 4.69) is 21.2 Å². The lowest BCUT2D eigenvalue weighted by molar-refractivity contribution is -0.139. The van der Waals surface area contributed by atoms with Crippen LogP contribution in [0.2, 0.25) is 0 Å². The van der Waals surface area contributed by atoms with Crippen molar-refractivity contribution in [2.45, 2.75) is 33.2 Å². The van der Waals surface area contributed by atoms with Crippen LogP contribution in [0.3, 0.4) is 0 Å². The zero-order valence-corrected chi connectivity index (χ0v) is 12.8. The van der Waals surface area contributed by atoms with E-state index in [1.807, 2.05) is 26.8 Å². The number of hydrogen-bond acceptors (Lipinski definition) is 2. The van der Waals surface area contributed by atoms with Gasteiger partial charge in [0.2, 0.25) is 0 Å². The minimum absolute atomic E-state index is 0.201. The standard InChI is InChI=1S/C14H18BrNO3/c1-8(2)6-12(14(18)19)16-13(17)11-5-4-10(15)7-9(11)3/h4-5,7-8,12H,6H2,1-3H3,(H,16,17)(H,18,19)/t12-/m1/s1. The maximum absolute atomic E-state index is 12.1. The molecule has 104 valence electrons. The van der Waals surface area contributed by atoms with Gasteiger partial charge in [0.1, 0.15) is 6.04 Å². The fourth-order valence-electron chi connectivity index (χ4n) is 1.81. The van der Waals surface area contributed by atoms with Crippen LogP contribution in [0.15, 0.2) is 22.7 Å². The Bertz CT molecular complexity index is 486. The summed E-state index contributed by atoms with van der Waals surface area (Å²) >= 11 is 3.33. The molecule has 0 aliphatic carbocycles. The second-order valence-electron chi connectivity index (χ2n) is 4.95.